The number of rotatable bonds is 4. The third-order valence-electron chi connectivity index (χ3n) is 2.58. The van der Waals surface area contributed by atoms with Gasteiger partial charge in [-0.15, -0.1) is 0 Å². The Morgan fingerprint density at radius 1 is 1.38 bits per heavy atom. The number of hydrogen-bond acceptors (Lipinski definition) is 4. The summed E-state index contributed by atoms with van der Waals surface area (Å²) in [7, 11) is 0. The molecule has 0 N–H and O–H groups in total. The fraction of sp³-hybridized carbons (Fsp3) is 0.833. The quantitative estimate of drug-likeness (QED) is 0.538. The molecule has 0 bridgehead atoms. The van der Waals surface area contributed by atoms with Crippen molar-refractivity contribution in [3.05, 3.63) is 0 Å². The normalized spacial score (nSPS) is 19.4. The molecule has 92 valence electrons. The first kappa shape index (κ1) is 13.2. The van der Waals surface area contributed by atoms with Crippen LogP contribution >= 0.6 is 0 Å². The van der Waals surface area contributed by atoms with Crippen LogP contribution in [0, 0.1) is 0 Å². The first-order valence-electron chi connectivity index (χ1n) is 5.84. The summed E-state index contributed by atoms with van der Waals surface area (Å²) in [6.45, 7) is 7.29. The summed E-state index contributed by atoms with van der Waals surface area (Å²) in [5, 5.41) is 0. The molecular weight excluding hydrogens is 206 g/mol. The van der Waals surface area contributed by atoms with Crippen LogP contribution in [0.1, 0.15) is 40.0 Å². The van der Waals surface area contributed by atoms with E-state index in [4.69, 9.17) is 4.74 Å². The molecule has 16 heavy (non-hydrogen) atoms. The number of carbonyl (C=O) groups is 2. The molecule has 1 fully saturated rings. The second-order valence-electron chi connectivity index (χ2n) is 5.19. The zero-order chi connectivity index (χ0) is 12.2. The van der Waals surface area contributed by atoms with Gasteiger partial charge in [-0.1, -0.05) is 0 Å². The summed E-state index contributed by atoms with van der Waals surface area (Å²) in [6, 6.07) is -0.390. The summed E-state index contributed by atoms with van der Waals surface area (Å²) >= 11 is 0. The molecule has 0 amide bonds. The third-order valence-corrected chi connectivity index (χ3v) is 2.58. The van der Waals surface area contributed by atoms with Gasteiger partial charge in [-0.05, 0) is 46.7 Å². The molecule has 1 saturated heterocycles. The summed E-state index contributed by atoms with van der Waals surface area (Å²) in [6.07, 6.45) is 3.22. The number of nitrogens with zero attached hydrogens (tertiary/aromatic N) is 1. The maximum absolute atomic E-state index is 11.9. The van der Waals surface area contributed by atoms with Gasteiger partial charge in [-0.2, -0.15) is 0 Å². The van der Waals surface area contributed by atoms with E-state index in [1.807, 2.05) is 25.7 Å². The third kappa shape index (κ3) is 3.93. The lowest BCUT2D eigenvalue weighted by atomic mass is 10.1. The van der Waals surface area contributed by atoms with Gasteiger partial charge in [-0.25, -0.2) is 0 Å². The van der Waals surface area contributed by atoms with Crippen LogP contribution in [0.2, 0.25) is 0 Å². The van der Waals surface area contributed by atoms with E-state index in [-0.39, 0.29) is 18.4 Å². The largest absolute Gasteiger partial charge is 0.459 e. The summed E-state index contributed by atoms with van der Waals surface area (Å²) < 4.78 is 5.33. The van der Waals surface area contributed by atoms with Gasteiger partial charge in [0.15, 0.2) is 0 Å². The zero-order valence-corrected chi connectivity index (χ0v) is 10.4. The van der Waals surface area contributed by atoms with E-state index in [2.05, 4.69) is 0 Å². The number of likely N-dealkylation sites (tertiary alicyclic amines) is 1. The Hall–Kier alpha value is -0.900. The van der Waals surface area contributed by atoms with Crippen molar-refractivity contribution in [3.8, 4) is 0 Å². The van der Waals surface area contributed by atoms with Crippen LogP contribution < -0.4 is 0 Å². The maximum atomic E-state index is 11.9. The van der Waals surface area contributed by atoms with Gasteiger partial charge < -0.3 is 9.53 Å². The Morgan fingerprint density at radius 3 is 2.38 bits per heavy atom. The average molecular weight is 227 g/mol. The van der Waals surface area contributed by atoms with E-state index < -0.39 is 5.60 Å². The number of esters is 1. The van der Waals surface area contributed by atoms with Crippen molar-refractivity contribution in [3.63, 3.8) is 0 Å². The van der Waals surface area contributed by atoms with Gasteiger partial charge in [0.2, 0.25) is 0 Å². The van der Waals surface area contributed by atoms with E-state index in [1.165, 1.54) is 0 Å². The van der Waals surface area contributed by atoms with Crippen LogP contribution in [0.4, 0.5) is 0 Å². The molecule has 0 aromatic rings. The lowest BCUT2D eigenvalue weighted by Gasteiger charge is -2.28. The Morgan fingerprint density at radius 2 is 1.94 bits per heavy atom. The molecule has 0 aromatic carbocycles. The molecule has 0 saturated carbocycles. The van der Waals surface area contributed by atoms with Crippen molar-refractivity contribution in [2.24, 2.45) is 0 Å². The number of aldehydes is 1. The van der Waals surface area contributed by atoms with E-state index in [0.29, 0.717) is 0 Å². The fourth-order valence-corrected chi connectivity index (χ4v) is 1.91. The first-order chi connectivity index (χ1) is 7.44. The van der Waals surface area contributed by atoms with E-state index >= 15 is 0 Å². The molecule has 0 spiro atoms. The van der Waals surface area contributed by atoms with Crippen molar-refractivity contribution < 1.29 is 14.3 Å². The zero-order valence-electron chi connectivity index (χ0n) is 10.4. The lowest BCUT2D eigenvalue weighted by molar-refractivity contribution is -0.161. The monoisotopic (exact) mass is 227 g/mol. The molecule has 1 atom stereocenters. The molecule has 1 rings (SSSR count). The highest BCUT2D eigenvalue weighted by Crippen LogP contribution is 2.17. The minimum Gasteiger partial charge on any atom is -0.459 e. The van der Waals surface area contributed by atoms with Gasteiger partial charge >= 0.3 is 5.97 Å². The second kappa shape index (κ2) is 5.43. The smallest absolute Gasteiger partial charge is 0.324 e. The minimum atomic E-state index is -0.488. The molecule has 1 unspecified atom stereocenters. The number of carbonyl (C=O) groups excluding carboxylic acids is 2. The molecule has 0 aromatic heterocycles. The van der Waals surface area contributed by atoms with E-state index in [1.54, 1.807) is 0 Å². The van der Waals surface area contributed by atoms with Gasteiger partial charge in [0.1, 0.15) is 17.9 Å². The predicted molar refractivity (Wildman–Crippen MR) is 61.1 cm³/mol. The van der Waals surface area contributed by atoms with Gasteiger partial charge in [0, 0.05) is 6.42 Å². The van der Waals surface area contributed by atoms with Crippen molar-refractivity contribution in [2.45, 2.75) is 51.7 Å². The van der Waals surface area contributed by atoms with Crippen molar-refractivity contribution in [1.82, 2.24) is 4.90 Å². The summed E-state index contributed by atoms with van der Waals surface area (Å²) in [5.74, 6) is -0.276. The predicted octanol–water partition coefficient (Wildman–Crippen LogP) is 1.38. The van der Waals surface area contributed by atoms with Crippen LogP contribution in [-0.4, -0.2) is 41.9 Å². The highest BCUT2D eigenvalue weighted by atomic mass is 16.6. The molecule has 1 heterocycles. The summed E-state index contributed by atoms with van der Waals surface area (Å²) in [5.41, 5.74) is -0.488. The molecule has 1 aliphatic heterocycles. The van der Waals surface area contributed by atoms with Gasteiger partial charge in [0.05, 0.1) is 0 Å². The molecule has 4 nitrogen and oxygen atoms in total. The Bertz CT molecular complexity index is 251. The standard InChI is InChI=1S/C12H21NO3/c1-12(2,3)16-11(15)10(6-9-14)13-7-4-5-8-13/h9-10H,4-8H2,1-3H3. The second-order valence-corrected chi connectivity index (χ2v) is 5.19. The SMILES string of the molecule is CC(C)(C)OC(=O)C(CC=O)N1CCCC1. The Labute approximate surface area is 96.9 Å². The minimum absolute atomic E-state index is 0.231. The van der Waals surface area contributed by atoms with Crippen molar-refractivity contribution in [2.75, 3.05) is 13.1 Å². The average Bonchev–Trinajstić information content (AvgIpc) is 2.63. The molecular formula is C12H21NO3. The Kier molecular flexibility index (Phi) is 4.47. The lowest BCUT2D eigenvalue weighted by Crippen LogP contribution is -2.43. The molecule has 1 aliphatic rings. The van der Waals surface area contributed by atoms with Crippen molar-refractivity contribution in [1.29, 1.82) is 0 Å². The van der Waals surface area contributed by atoms with Crippen LogP contribution in [-0.2, 0) is 14.3 Å². The van der Waals surface area contributed by atoms with Crippen LogP contribution in [0.25, 0.3) is 0 Å². The molecule has 4 heteroatoms. The number of ether oxygens (including phenoxy) is 1. The first-order valence-corrected chi connectivity index (χ1v) is 5.84. The molecule has 0 aliphatic carbocycles. The summed E-state index contributed by atoms with van der Waals surface area (Å²) in [4.78, 5) is 24.6. The van der Waals surface area contributed by atoms with Crippen molar-refractivity contribution >= 4 is 12.3 Å². The van der Waals surface area contributed by atoms with Gasteiger partial charge in [0.25, 0.3) is 0 Å². The van der Waals surface area contributed by atoms with Crippen LogP contribution in [0.5, 0.6) is 0 Å². The topological polar surface area (TPSA) is 46.6 Å². The van der Waals surface area contributed by atoms with Crippen LogP contribution in [0.15, 0.2) is 0 Å². The number of hydrogen-bond donors (Lipinski definition) is 0. The maximum Gasteiger partial charge on any atom is 0.324 e. The van der Waals surface area contributed by atoms with Crippen LogP contribution in [0.3, 0.4) is 0 Å². The highest BCUT2D eigenvalue weighted by Gasteiger charge is 2.31. The molecule has 0 radical (unpaired) electrons. The van der Waals surface area contributed by atoms with E-state index in [9.17, 15) is 9.59 Å². The highest BCUT2D eigenvalue weighted by molar-refractivity contribution is 5.79. The van der Waals surface area contributed by atoms with E-state index in [0.717, 1.165) is 32.2 Å². The fourth-order valence-electron chi connectivity index (χ4n) is 1.91. The van der Waals surface area contributed by atoms with Gasteiger partial charge in [-0.3, -0.25) is 9.69 Å². The Balaban J connectivity index is 2.61.